The lowest BCUT2D eigenvalue weighted by molar-refractivity contribution is 0.0948. The summed E-state index contributed by atoms with van der Waals surface area (Å²) in [5.41, 5.74) is 4.89. The van der Waals surface area contributed by atoms with E-state index in [4.69, 9.17) is 0 Å². The van der Waals surface area contributed by atoms with Crippen molar-refractivity contribution in [1.82, 2.24) is 15.2 Å². The number of anilines is 1. The van der Waals surface area contributed by atoms with Gasteiger partial charge in [0.1, 0.15) is 5.82 Å². The first kappa shape index (κ1) is 19.0. The van der Waals surface area contributed by atoms with Gasteiger partial charge in [-0.3, -0.25) is 14.3 Å². The molecule has 142 valence electrons. The van der Waals surface area contributed by atoms with Crippen LogP contribution in [0.2, 0.25) is 0 Å². The van der Waals surface area contributed by atoms with Crippen LogP contribution in [0.3, 0.4) is 0 Å². The van der Waals surface area contributed by atoms with Crippen LogP contribution < -0.4 is 10.7 Å². The molecule has 3 rings (SSSR count). The van der Waals surface area contributed by atoms with Crippen LogP contribution in [-0.2, 0) is 7.05 Å². The minimum atomic E-state index is -0.416. The van der Waals surface area contributed by atoms with E-state index in [1.165, 1.54) is 28.9 Å². The molecule has 0 radical (unpaired) electrons. The lowest BCUT2D eigenvalue weighted by Crippen LogP contribution is -2.20. The topological polar surface area (TPSA) is 88.4 Å². The number of nitrogens with one attached hydrogen (secondary N) is 2. The Morgan fingerprint density at radius 1 is 1.04 bits per heavy atom. The monoisotopic (exact) mass is 379 g/mol. The standard InChI is InChI=1S/C20H18FN5O2/c1-13(23-24-20(28)18-10-11-26(2)25-18)15-4-3-5-17(12-15)22-19(27)14-6-8-16(21)9-7-14/h3-12H,1-2H3,(H,22,27)(H,24,28). The third-order valence-corrected chi connectivity index (χ3v) is 3.92. The first-order valence-electron chi connectivity index (χ1n) is 8.44. The minimum absolute atomic E-state index is 0.263. The van der Waals surface area contributed by atoms with E-state index in [1.807, 2.05) is 0 Å². The van der Waals surface area contributed by atoms with Crippen molar-refractivity contribution in [3.05, 3.63) is 83.4 Å². The van der Waals surface area contributed by atoms with E-state index in [1.54, 1.807) is 50.5 Å². The van der Waals surface area contributed by atoms with Crippen molar-refractivity contribution in [3.8, 4) is 0 Å². The number of hydrogen-bond acceptors (Lipinski definition) is 4. The molecular weight excluding hydrogens is 361 g/mol. The summed E-state index contributed by atoms with van der Waals surface area (Å²) in [6.45, 7) is 1.74. The van der Waals surface area contributed by atoms with E-state index in [2.05, 4.69) is 20.9 Å². The van der Waals surface area contributed by atoms with Gasteiger partial charge in [0, 0.05) is 24.5 Å². The molecule has 0 aliphatic heterocycles. The van der Waals surface area contributed by atoms with Gasteiger partial charge in [-0.1, -0.05) is 12.1 Å². The normalized spacial score (nSPS) is 11.2. The number of halogens is 1. The van der Waals surface area contributed by atoms with E-state index in [9.17, 15) is 14.0 Å². The molecule has 0 saturated carbocycles. The Morgan fingerprint density at radius 3 is 2.46 bits per heavy atom. The summed E-state index contributed by atoms with van der Waals surface area (Å²) in [5, 5.41) is 10.8. The van der Waals surface area contributed by atoms with Gasteiger partial charge < -0.3 is 5.32 Å². The van der Waals surface area contributed by atoms with E-state index in [-0.39, 0.29) is 11.6 Å². The predicted octanol–water partition coefficient (Wildman–Crippen LogP) is 2.97. The number of carbonyl (C=O) groups excluding carboxylic acids is 2. The number of aromatic nitrogens is 2. The van der Waals surface area contributed by atoms with Crippen LogP contribution in [0.5, 0.6) is 0 Å². The van der Waals surface area contributed by atoms with Crippen molar-refractivity contribution in [2.75, 3.05) is 5.32 Å². The highest BCUT2D eigenvalue weighted by atomic mass is 19.1. The van der Waals surface area contributed by atoms with Gasteiger partial charge in [0.05, 0.1) is 5.71 Å². The van der Waals surface area contributed by atoms with E-state index in [0.717, 1.165) is 5.56 Å². The highest BCUT2D eigenvalue weighted by Gasteiger charge is 2.09. The summed E-state index contributed by atoms with van der Waals surface area (Å²) in [7, 11) is 1.72. The van der Waals surface area contributed by atoms with Crippen molar-refractivity contribution >= 4 is 23.2 Å². The highest BCUT2D eigenvalue weighted by molar-refractivity contribution is 6.06. The van der Waals surface area contributed by atoms with Crippen LogP contribution in [0, 0.1) is 5.82 Å². The summed E-state index contributed by atoms with van der Waals surface area (Å²) in [6.07, 6.45) is 1.67. The molecule has 0 fully saturated rings. The van der Waals surface area contributed by atoms with Crippen molar-refractivity contribution < 1.29 is 14.0 Å². The average molecular weight is 379 g/mol. The SMILES string of the molecule is CC(=NNC(=O)c1ccn(C)n1)c1cccc(NC(=O)c2ccc(F)cc2)c1. The number of nitrogens with zero attached hydrogens (tertiary/aromatic N) is 3. The number of rotatable bonds is 5. The quantitative estimate of drug-likeness (QED) is 0.528. The number of aryl methyl sites for hydroxylation is 1. The fourth-order valence-corrected chi connectivity index (χ4v) is 2.42. The lowest BCUT2D eigenvalue weighted by atomic mass is 10.1. The second kappa shape index (κ2) is 8.26. The summed E-state index contributed by atoms with van der Waals surface area (Å²) in [4.78, 5) is 24.3. The van der Waals surface area contributed by atoms with E-state index in [0.29, 0.717) is 17.0 Å². The van der Waals surface area contributed by atoms with Gasteiger partial charge in [0.2, 0.25) is 0 Å². The molecule has 0 aliphatic rings. The van der Waals surface area contributed by atoms with Crippen LogP contribution in [-0.4, -0.2) is 27.3 Å². The molecule has 0 bridgehead atoms. The first-order chi connectivity index (χ1) is 13.4. The fraction of sp³-hybridized carbons (Fsp3) is 0.100. The van der Waals surface area contributed by atoms with Crippen molar-refractivity contribution in [2.24, 2.45) is 12.1 Å². The summed E-state index contributed by atoms with van der Waals surface area (Å²) in [5.74, 6) is -1.17. The van der Waals surface area contributed by atoms with Gasteiger partial charge in [-0.15, -0.1) is 0 Å². The zero-order valence-electron chi connectivity index (χ0n) is 15.3. The number of hydrazone groups is 1. The van der Waals surface area contributed by atoms with E-state index >= 15 is 0 Å². The minimum Gasteiger partial charge on any atom is -0.322 e. The second-order valence-electron chi connectivity index (χ2n) is 6.05. The maximum absolute atomic E-state index is 13.0. The van der Waals surface area contributed by atoms with Crippen LogP contribution in [0.25, 0.3) is 0 Å². The fourth-order valence-electron chi connectivity index (χ4n) is 2.42. The molecule has 8 heteroatoms. The van der Waals surface area contributed by atoms with E-state index < -0.39 is 11.7 Å². The Bertz CT molecular complexity index is 1040. The summed E-state index contributed by atoms with van der Waals surface area (Å²) >= 11 is 0. The lowest BCUT2D eigenvalue weighted by Gasteiger charge is -2.08. The Labute approximate surface area is 160 Å². The average Bonchev–Trinajstić information content (AvgIpc) is 3.13. The molecule has 0 aliphatic carbocycles. The molecule has 0 saturated heterocycles. The number of carbonyl (C=O) groups is 2. The maximum Gasteiger partial charge on any atom is 0.291 e. The predicted molar refractivity (Wildman–Crippen MR) is 104 cm³/mol. The van der Waals surface area contributed by atoms with Crippen LogP contribution in [0.4, 0.5) is 10.1 Å². The molecule has 0 spiro atoms. The second-order valence-corrected chi connectivity index (χ2v) is 6.05. The number of benzene rings is 2. The van der Waals surface area contributed by atoms with Gasteiger partial charge in [-0.05, 0) is 55.0 Å². The largest absolute Gasteiger partial charge is 0.322 e. The Morgan fingerprint density at radius 2 is 1.79 bits per heavy atom. The van der Waals surface area contributed by atoms with Gasteiger partial charge in [-0.25, -0.2) is 9.82 Å². The van der Waals surface area contributed by atoms with Gasteiger partial charge in [0.15, 0.2) is 5.69 Å². The zero-order valence-corrected chi connectivity index (χ0v) is 15.3. The molecule has 0 unspecified atom stereocenters. The molecule has 2 amide bonds. The molecule has 2 N–H and O–H groups in total. The summed E-state index contributed by atoms with van der Waals surface area (Å²) < 4.78 is 14.5. The summed E-state index contributed by atoms with van der Waals surface area (Å²) in [6, 6.07) is 13.9. The maximum atomic E-state index is 13.0. The molecule has 2 aromatic carbocycles. The molecule has 28 heavy (non-hydrogen) atoms. The Balaban J connectivity index is 1.68. The number of amides is 2. The molecule has 0 atom stereocenters. The smallest absolute Gasteiger partial charge is 0.291 e. The van der Waals surface area contributed by atoms with Crippen LogP contribution >= 0.6 is 0 Å². The van der Waals surface area contributed by atoms with Crippen LogP contribution in [0.1, 0.15) is 33.3 Å². The molecule has 1 heterocycles. The highest BCUT2D eigenvalue weighted by Crippen LogP contribution is 2.13. The van der Waals surface area contributed by atoms with Gasteiger partial charge in [-0.2, -0.15) is 10.2 Å². The molecule has 3 aromatic rings. The van der Waals surface area contributed by atoms with Crippen molar-refractivity contribution in [3.63, 3.8) is 0 Å². The molecular formula is C20H18FN5O2. The van der Waals surface area contributed by atoms with Gasteiger partial charge >= 0.3 is 0 Å². The van der Waals surface area contributed by atoms with Gasteiger partial charge in [0.25, 0.3) is 11.8 Å². The zero-order chi connectivity index (χ0) is 20.1. The first-order valence-corrected chi connectivity index (χ1v) is 8.44. The Kier molecular flexibility index (Phi) is 5.59. The number of hydrogen-bond donors (Lipinski definition) is 2. The van der Waals surface area contributed by atoms with Crippen molar-refractivity contribution in [1.29, 1.82) is 0 Å². The van der Waals surface area contributed by atoms with Crippen LogP contribution in [0.15, 0.2) is 65.9 Å². The third-order valence-electron chi connectivity index (χ3n) is 3.92. The molecule has 7 nitrogen and oxygen atoms in total. The molecule has 1 aromatic heterocycles. The third kappa shape index (κ3) is 4.67. The van der Waals surface area contributed by atoms with Crippen molar-refractivity contribution in [2.45, 2.75) is 6.92 Å². The Hall–Kier alpha value is -3.81.